The standard InChI is InChI=1S/C14H16O5/c1-17-11-7-9-6-8(14(15)16)4-5-10(9)12(18-2)13(11)19-3/h4-7,14-16H,1-3H3. The SMILES string of the molecule is COc1cc2cc(C(O)O)ccc2c(OC)c1OC. The molecule has 0 fully saturated rings. The van der Waals surface area contributed by atoms with Gasteiger partial charge in [-0.1, -0.05) is 12.1 Å². The summed E-state index contributed by atoms with van der Waals surface area (Å²) in [4.78, 5) is 0. The van der Waals surface area contributed by atoms with Gasteiger partial charge in [0.25, 0.3) is 0 Å². The summed E-state index contributed by atoms with van der Waals surface area (Å²) in [6, 6.07) is 6.82. The van der Waals surface area contributed by atoms with Gasteiger partial charge in [-0.2, -0.15) is 0 Å². The van der Waals surface area contributed by atoms with E-state index in [1.165, 1.54) is 14.2 Å². The first kappa shape index (κ1) is 13.5. The summed E-state index contributed by atoms with van der Waals surface area (Å²) < 4.78 is 15.9. The predicted molar refractivity (Wildman–Crippen MR) is 70.8 cm³/mol. The Labute approximate surface area is 111 Å². The van der Waals surface area contributed by atoms with Crippen LogP contribution in [-0.4, -0.2) is 31.5 Å². The summed E-state index contributed by atoms with van der Waals surface area (Å²) >= 11 is 0. The van der Waals surface area contributed by atoms with Crippen LogP contribution >= 0.6 is 0 Å². The van der Waals surface area contributed by atoms with Gasteiger partial charge in [-0.15, -0.1) is 0 Å². The molecule has 0 amide bonds. The monoisotopic (exact) mass is 264 g/mol. The number of benzene rings is 2. The highest BCUT2D eigenvalue weighted by Crippen LogP contribution is 2.43. The second-order valence-corrected chi connectivity index (χ2v) is 4.00. The number of methoxy groups -OCH3 is 3. The first-order valence-electron chi connectivity index (χ1n) is 5.71. The molecule has 0 unspecified atom stereocenters. The second-order valence-electron chi connectivity index (χ2n) is 4.00. The fraction of sp³-hybridized carbons (Fsp3) is 0.286. The topological polar surface area (TPSA) is 68.2 Å². The lowest BCUT2D eigenvalue weighted by atomic mass is 10.0. The summed E-state index contributed by atoms with van der Waals surface area (Å²) in [6.45, 7) is 0. The molecule has 0 aliphatic heterocycles. The largest absolute Gasteiger partial charge is 0.493 e. The minimum Gasteiger partial charge on any atom is -0.493 e. The van der Waals surface area contributed by atoms with E-state index in [2.05, 4.69) is 0 Å². The average molecular weight is 264 g/mol. The fourth-order valence-corrected chi connectivity index (χ4v) is 2.06. The molecular weight excluding hydrogens is 248 g/mol. The second kappa shape index (κ2) is 5.34. The Bertz CT molecular complexity index is 592. The van der Waals surface area contributed by atoms with E-state index in [-0.39, 0.29) is 0 Å². The zero-order valence-electron chi connectivity index (χ0n) is 11.0. The lowest BCUT2D eigenvalue weighted by Crippen LogP contribution is -1.98. The van der Waals surface area contributed by atoms with Crippen molar-refractivity contribution in [2.75, 3.05) is 21.3 Å². The Kier molecular flexibility index (Phi) is 3.78. The molecule has 0 aromatic heterocycles. The van der Waals surface area contributed by atoms with Crippen molar-refractivity contribution in [1.29, 1.82) is 0 Å². The molecule has 0 bridgehead atoms. The van der Waals surface area contributed by atoms with E-state index < -0.39 is 6.29 Å². The van der Waals surface area contributed by atoms with E-state index >= 15 is 0 Å². The minimum atomic E-state index is -1.51. The van der Waals surface area contributed by atoms with Gasteiger partial charge in [-0.05, 0) is 17.5 Å². The Morgan fingerprint density at radius 3 is 2.11 bits per heavy atom. The van der Waals surface area contributed by atoms with Crippen LogP contribution in [0.25, 0.3) is 10.8 Å². The Morgan fingerprint density at radius 1 is 0.895 bits per heavy atom. The van der Waals surface area contributed by atoms with Gasteiger partial charge in [-0.25, -0.2) is 0 Å². The van der Waals surface area contributed by atoms with Crippen molar-refractivity contribution in [3.05, 3.63) is 29.8 Å². The molecule has 0 atom stereocenters. The maximum absolute atomic E-state index is 9.21. The van der Waals surface area contributed by atoms with Gasteiger partial charge < -0.3 is 24.4 Å². The van der Waals surface area contributed by atoms with Crippen molar-refractivity contribution in [2.45, 2.75) is 6.29 Å². The highest BCUT2D eigenvalue weighted by molar-refractivity contribution is 5.93. The van der Waals surface area contributed by atoms with Crippen LogP contribution in [0.2, 0.25) is 0 Å². The number of ether oxygens (including phenoxy) is 3. The number of aliphatic hydroxyl groups is 2. The third kappa shape index (κ3) is 2.30. The van der Waals surface area contributed by atoms with Gasteiger partial charge in [0.1, 0.15) is 0 Å². The predicted octanol–water partition coefficient (Wildman–Crippen LogP) is 1.85. The lowest BCUT2D eigenvalue weighted by molar-refractivity contribution is -0.0423. The van der Waals surface area contributed by atoms with Crippen LogP contribution in [0, 0.1) is 0 Å². The minimum absolute atomic E-state index is 0.404. The molecule has 5 heteroatoms. The van der Waals surface area contributed by atoms with E-state index in [9.17, 15) is 10.2 Å². The first-order chi connectivity index (χ1) is 9.12. The molecule has 0 aliphatic carbocycles. The van der Waals surface area contributed by atoms with Crippen LogP contribution < -0.4 is 14.2 Å². The third-order valence-corrected chi connectivity index (χ3v) is 2.96. The van der Waals surface area contributed by atoms with Gasteiger partial charge in [0.15, 0.2) is 17.8 Å². The fourth-order valence-electron chi connectivity index (χ4n) is 2.06. The normalized spacial score (nSPS) is 10.8. The molecule has 2 rings (SSSR count). The van der Waals surface area contributed by atoms with Gasteiger partial charge in [0, 0.05) is 10.9 Å². The van der Waals surface area contributed by atoms with Crippen LogP contribution in [0.1, 0.15) is 11.9 Å². The Hall–Kier alpha value is -1.98. The van der Waals surface area contributed by atoms with Crippen LogP contribution in [0.3, 0.4) is 0 Å². The molecule has 19 heavy (non-hydrogen) atoms. The molecule has 5 nitrogen and oxygen atoms in total. The van der Waals surface area contributed by atoms with Crippen LogP contribution in [0.5, 0.6) is 17.2 Å². The van der Waals surface area contributed by atoms with Crippen molar-refractivity contribution in [3.63, 3.8) is 0 Å². The van der Waals surface area contributed by atoms with E-state index in [4.69, 9.17) is 14.2 Å². The van der Waals surface area contributed by atoms with Crippen molar-refractivity contribution in [2.24, 2.45) is 0 Å². The van der Waals surface area contributed by atoms with Crippen molar-refractivity contribution in [3.8, 4) is 17.2 Å². The van der Waals surface area contributed by atoms with E-state index in [1.807, 2.05) is 0 Å². The van der Waals surface area contributed by atoms with Crippen LogP contribution in [-0.2, 0) is 0 Å². The Morgan fingerprint density at radius 2 is 1.58 bits per heavy atom. The molecule has 2 aromatic rings. The van der Waals surface area contributed by atoms with Crippen molar-refractivity contribution >= 4 is 10.8 Å². The van der Waals surface area contributed by atoms with E-state index in [1.54, 1.807) is 31.4 Å². The third-order valence-electron chi connectivity index (χ3n) is 2.96. The maximum Gasteiger partial charge on any atom is 0.203 e. The molecule has 2 aromatic carbocycles. The highest BCUT2D eigenvalue weighted by Gasteiger charge is 2.16. The summed E-state index contributed by atoms with van der Waals surface area (Å²) in [6.07, 6.45) is -1.51. The van der Waals surface area contributed by atoms with E-state index in [0.717, 1.165) is 10.8 Å². The molecule has 0 radical (unpaired) electrons. The van der Waals surface area contributed by atoms with Gasteiger partial charge in [0.05, 0.1) is 21.3 Å². The Balaban J connectivity index is 2.76. The molecule has 102 valence electrons. The van der Waals surface area contributed by atoms with Crippen molar-refractivity contribution < 1.29 is 24.4 Å². The van der Waals surface area contributed by atoms with Crippen molar-refractivity contribution in [1.82, 2.24) is 0 Å². The van der Waals surface area contributed by atoms with E-state index in [0.29, 0.717) is 22.8 Å². The summed E-state index contributed by atoms with van der Waals surface area (Å²) in [5, 5.41) is 20.0. The zero-order chi connectivity index (χ0) is 14.0. The zero-order valence-corrected chi connectivity index (χ0v) is 11.0. The summed E-state index contributed by atoms with van der Waals surface area (Å²) in [5.74, 6) is 1.59. The van der Waals surface area contributed by atoms with Gasteiger partial charge in [0.2, 0.25) is 5.75 Å². The maximum atomic E-state index is 9.21. The number of aliphatic hydroxyl groups excluding tert-OH is 1. The number of hydrogen-bond donors (Lipinski definition) is 2. The highest BCUT2D eigenvalue weighted by atomic mass is 16.5. The smallest absolute Gasteiger partial charge is 0.203 e. The van der Waals surface area contributed by atoms with Crippen LogP contribution in [0.4, 0.5) is 0 Å². The lowest BCUT2D eigenvalue weighted by Gasteiger charge is -2.15. The summed E-state index contributed by atoms with van der Waals surface area (Å²) in [7, 11) is 4.62. The quantitative estimate of drug-likeness (QED) is 0.825. The molecule has 2 N–H and O–H groups in total. The number of fused-ring (bicyclic) bond motifs is 1. The van der Waals surface area contributed by atoms with Crippen LogP contribution in [0.15, 0.2) is 24.3 Å². The summed E-state index contributed by atoms with van der Waals surface area (Å²) in [5.41, 5.74) is 0.404. The average Bonchev–Trinajstić information content (AvgIpc) is 2.43. The molecular formula is C14H16O5. The number of hydrogen-bond acceptors (Lipinski definition) is 5. The molecule has 0 heterocycles. The van der Waals surface area contributed by atoms with Gasteiger partial charge in [-0.3, -0.25) is 0 Å². The van der Waals surface area contributed by atoms with Gasteiger partial charge >= 0.3 is 0 Å². The molecule has 0 spiro atoms. The first-order valence-corrected chi connectivity index (χ1v) is 5.71. The molecule has 0 saturated carbocycles. The molecule has 0 aliphatic rings. The molecule has 0 saturated heterocycles. The number of rotatable bonds is 4.